The number of alkyl halides is 2. The standard InChI is InChI=1S/C17H17F2IN/c1-11-6-12-4-5-17(18,19)8-14(12)7-16(11)13-2-3-15(21)10-20-9-13/h2-3,6-7,9-10H,4-5,8,21H2,1H3/q-1. The van der Waals surface area contributed by atoms with E-state index in [4.69, 9.17) is 5.73 Å². The van der Waals surface area contributed by atoms with Gasteiger partial charge >= 0.3 is 134 Å². The molecule has 1 aliphatic heterocycles. The summed E-state index contributed by atoms with van der Waals surface area (Å²) in [7, 11) is 0. The van der Waals surface area contributed by atoms with Gasteiger partial charge in [0, 0.05) is 0 Å². The number of hydrogen-bond acceptors (Lipinski definition) is 1. The zero-order chi connectivity index (χ0) is 15.0. The number of hydrogen-bond donors (Lipinski definition) is 1. The minimum atomic E-state index is -2.56. The van der Waals surface area contributed by atoms with Gasteiger partial charge in [0.2, 0.25) is 0 Å². The molecule has 1 heterocycles. The second-order valence-corrected chi connectivity index (χ2v) is 7.57. The molecule has 0 amide bonds. The van der Waals surface area contributed by atoms with Crippen LogP contribution in [0.3, 0.4) is 0 Å². The molecule has 3 rings (SSSR count). The van der Waals surface area contributed by atoms with Crippen LogP contribution in [0.25, 0.3) is 5.57 Å². The molecular formula is C17H17F2IN-. The van der Waals surface area contributed by atoms with Crippen LogP contribution < -0.4 is 26.9 Å². The molecule has 0 atom stereocenters. The van der Waals surface area contributed by atoms with Crippen LogP contribution in [0.4, 0.5) is 8.78 Å². The van der Waals surface area contributed by atoms with Crippen LogP contribution in [0.15, 0.2) is 38.1 Å². The summed E-state index contributed by atoms with van der Waals surface area (Å²) in [5.74, 6) is -2.56. The van der Waals surface area contributed by atoms with Gasteiger partial charge in [0.25, 0.3) is 0 Å². The van der Waals surface area contributed by atoms with Gasteiger partial charge in [-0.3, -0.25) is 0 Å². The molecule has 0 saturated carbocycles. The predicted molar refractivity (Wildman–Crippen MR) is 77.5 cm³/mol. The van der Waals surface area contributed by atoms with Crippen LogP contribution in [0.1, 0.15) is 28.7 Å². The fourth-order valence-corrected chi connectivity index (χ4v) is 4.52. The van der Waals surface area contributed by atoms with Crippen LogP contribution in [0.2, 0.25) is 0 Å². The summed E-state index contributed by atoms with van der Waals surface area (Å²) in [6.07, 6.45) is 4.19. The van der Waals surface area contributed by atoms with Crippen LogP contribution in [0.5, 0.6) is 0 Å². The van der Waals surface area contributed by atoms with Gasteiger partial charge in [-0.25, -0.2) is 0 Å². The molecular weight excluding hydrogens is 383 g/mol. The number of fused-ring (bicyclic) bond motifs is 1. The van der Waals surface area contributed by atoms with Crippen molar-refractivity contribution in [1.82, 2.24) is 0 Å². The Kier molecular flexibility index (Phi) is 3.90. The molecule has 112 valence electrons. The summed E-state index contributed by atoms with van der Waals surface area (Å²) in [5, 5.41) is 0. The van der Waals surface area contributed by atoms with Crippen molar-refractivity contribution in [3.63, 3.8) is 0 Å². The second-order valence-electron chi connectivity index (χ2n) is 5.60. The van der Waals surface area contributed by atoms with Crippen molar-refractivity contribution < 1.29 is 30.0 Å². The molecule has 0 saturated heterocycles. The molecule has 21 heavy (non-hydrogen) atoms. The Morgan fingerprint density at radius 3 is 2.76 bits per heavy atom. The van der Waals surface area contributed by atoms with E-state index in [1.54, 1.807) is 0 Å². The summed E-state index contributed by atoms with van der Waals surface area (Å²) in [5.41, 5.74) is 11.8. The average Bonchev–Trinajstić information content (AvgIpc) is 2.63. The third kappa shape index (κ3) is 3.20. The van der Waals surface area contributed by atoms with Crippen molar-refractivity contribution in [2.24, 2.45) is 5.73 Å². The maximum atomic E-state index is 13.6. The molecule has 4 heteroatoms. The van der Waals surface area contributed by atoms with Crippen LogP contribution >= 0.6 is 0 Å². The second kappa shape index (κ2) is 5.55. The van der Waals surface area contributed by atoms with Crippen molar-refractivity contribution >= 4 is 5.57 Å². The first kappa shape index (κ1) is 14.8. The summed E-state index contributed by atoms with van der Waals surface area (Å²) in [6, 6.07) is 4.04. The Morgan fingerprint density at radius 2 is 1.95 bits per heavy atom. The maximum absolute atomic E-state index is 13.6. The van der Waals surface area contributed by atoms with Gasteiger partial charge in [-0.2, -0.15) is 0 Å². The average molecular weight is 400 g/mol. The normalized spacial score (nSPS) is 20.7. The molecule has 0 fully saturated rings. The van der Waals surface area contributed by atoms with E-state index in [1.807, 2.05) is 18.2 Å². The third-order valence-corrected chi connectivity index (χ3v) is 6.00. The van der Waals surface area contributed by atoms with Crippen molar-refractivity contribution in [3.8, 4) is 0 Å². The number of nitrogens with two attached hydrogens (primary N) is 1. The Balaban J connectivity index is 2.01. The first-order chi connectivity index (χ1) is 9.94. The van der Waals surface area contributed by atoms with Gasteiger partial charge in [-0.15, -0.1) is 0 Å². The van der Waals surface area contributed by atoms with Gasteiger partial charge in [-0.05, 0) is 0 Å². The van der Waals surface area contributed by atoms with E-state index in [0.717, 1.165) is 33.5 Å². The molecule has 0 radical (unpaired) electrons. The van der Waals surface area contributed by atoms with Gasteiger partial charge < -0.3 is 0 Å². The van der Waals surface area contributed by atoms with Gasteiger partial charge in [-0.1, -0.05) is 0 Å². The van der Waals surface area contributed by atoms with Crippen LogP contribution in [-0.4, -0.2) is 5.92 Å². The van der Waals surface area contributed by atoms with Crippen molar-refractivity contribution in [2.75, 3.05) is 0 Å². The number of benzene rings is 1. The summed E-state index contributed by atoms with van der Waals surface area (Å²) in [6.45, 7) is 2.05. The molecule has 2 aliphatic rings. The van der Waals surface area contributed by atoms with Gasteiger partial charge in [0.1, 0.15) is 0 Å². The SMILES string of the molecule is Cc1cc2c(cc1C1=C[I-]C=C(N)C=C1)CC(F)(F)CC2. The summed E-state index contributed by atoms with van der Waals surface area (Å²) >= 11 is -0.223. The Hall–Kier alpha value is -1.17. The van der Waals surface area contributed by atoms with E-state index in [9.17, 15) is 8.78 Å². The molecule has 0 aromatic heterocycles. The zero-order valence-electron chi connectivity index (χ0n) is 11.8. The number of aryl methyl sites for hydroxylation is 2. The topological polar surface area (TPSA) is 26.0 Å². The van der Waals surface area contributed by atoms with Crippen molar-refractivity contribution in [3.05, 3.63) is 60.4 Å². The molecule has 0 unspecified atom stereocenters. The third-order valence-electron chi connectivity index (χ3n) is 3.89. The molecule has 1 aromatic carbocycles. The Morgan fingerprint density at radius 1 is 1.14 bits per heavy atom. The molecule has 2 N–H and O–H groups in total. The van der Waals surface area contributed by atoms with Crippen molar-refractivity contribution in [1.29, 1.82) is 0 Å². The van der Waals surface area contributed by atoms with E-state index >= 15 is 0 Å². The fourth-order valence-electron chi connectivity index (χ4n) is 2.78. The van der Waals surface area contributed by atoms with Crippen LogP contribution in [-0.2, 0) is 12.8 Å². The van der Waals surface area contributed by atoms with Gasteiger partial charge in [0.15, 0.2) is 0 Å². The number of allylic oxidation sites excluding steroid dienone is 3. The van der Waals surface area contributed by atoms with E-state index in [1.165, 1.54) is 0 Å². The van der Waals surface area contributed by atoms with Gasteiger partial charge in [0.05, 0.1) is 0 Å². The quantitative estimate of drug-likeness (QED) is 0.698. The zero-order valence-corrected chi connectivity index (χ0v) is 14.0. The fraction of sp³-hybridized carbons (Fsp3) is 0.294. The molecule has 1 aromatic rings. The van der Waals surface area contributed by atoms with E-state index in [2.05, 4.69) is 21.2 Å². The molecule has 1 nitrogen and oxygen atoms in total. The minimum absolute atomic E-state index is 0.0344. The first-order valence-corrected chi connectivity index (χ1v) is 9.40. The number of rotatable bonds is 1. The monoisotopic (exact) mass is 400 g/mol. The van der Waals surface area contributed by atoms with E-state index < -0.39 is 5.92 Å². The Labute approximate surface area is 133 Å². The van der Waals surface area contributed by atoms with Crippen LogP contribution in [0, 0.1) is 6.92 Å². The molecule has 1 aliphatic carbocycles. The van der Waals surface area contributed by atoms with E-state index in [-0.39, 0.29) is 34.0 Å². The summed E-state index contributed by atoms with van der Waals surface area (Å²) < 4.78 is 31.5. The predicted octanol–water partition coefficient (Wildman–Crippen LogP) is 0.919. The summed E-state index contributed by atoms with van der Waals surface area (Å²) in [4.78, 5) is 0. The number of halogens is 3. The Bertz CT molecular complexity index is 672. The van der Waals surface area contributed by atoms with E-state index in [0.29, 0.717) is 6.42 Å². The molecule has 0 spiro atoms. The molecule has 0 bridgehead atoms. The first-order valence-electron chi connectivity index (χ1n) is 6.91. The van der Waals surface area contributed by atoms with Crippen molar-refractivity contribution in [2.45, 2.75) is 32.1 Å².